The number of anilines is 1. The van der Waals surface area contributed by atoms with Crippen LogP contribution in [0.25, 0.3) is 0 Å². The second-order valence-electron chi connectivity index (χ2n) is 6.57. The first-order valence-electron chi connectivity index (χ1n) is 8.49. The highest BCUT2D eigenvalue weighted by Gasteiger charge is 2.32. The number of rotatable bonds is 6. The van der Waals surface area contributed by atoms with Gasteiger partial charge in [0.15, 0.2) is 0 Å². The predicted octanol–water partition coefficient (Wildman–Crippen LogP) is 1.55. The molecule has 0 radical (unpaired) electrons. The Morgan fingerprint density at radius 3 is 2.92 bits per heavy atom. The largest absolute Gasteiger partial charge is 0.310 e. The molecule has 0 aromatic carbocycles. The first kappa shape index (κ1) is 16.6. The number of carbonyl (C=O) groups is 1. The van der Waals surface area contributed by atoms with Crippen molar-refractivity contribution in [3.8, 4) is 0 Å². The van der Waals surface area contributed by atoms with Crippen molar-refractivity contribution in [1.29, 1.82) is 0 Å². The van der Waals surface area contributed by atoms with E-state index in [0.717, 1.165) is 31.7 Å². The molecule has 2 aromatic heterocycles. The SMILES string of the molecule is CC(C)n1nccc1NC(=O)[C@H](C)N1CCC[C@@H]1Cn1cncn1. The molecule has 24 heavy (non-hydrogen) atoms. The van der Waals surface area contributed by atoms with Gasteiger partial charge in [0, 0.05) is 18.2 Å². The van der Waals surface area contributed by atoms with Gasteiger partial charge in [-0.15, -0.1) is 0 Å². The van der Waals surface area contributed by atoms with Crippen molar-refractivity contribution in [2.75, 3.05) is 11.9 Å². The lowest BCUT2D eigenvalue weighted by atomic mass is 10.2. The Morgan fingerprint density at radius 2 is 2.21 bits per heavy atom. The van der Waals surface area contributed by atoms with Crippen LogP contribution < -0.4 is 5.32 Å². The van der Waals surface area contributed by atoms with Gasteiger partial charge in [0.2, 0.25) is 5.91 Å². The fourth-order valence-corrected chi connectivity index (χ4v) is 3.31. The van der Waals surface area contributed by atoms with Crippen LogP contribution in [0, 0.1) is 0 Å². The Morgan fingerprint density at radius 1 is 1.38 bits per heavy atom. The van der Waals surface area contributed by atoms with Crippen LogP contribution in [0.1, 0.15) is 39.7 Å². The number of likely N-dealkylation sites (tertiary alicyclic amines) is 1. The van der Waals surface area contributed by atoms with E-state index in [-0.39, 0.29) is 18.0 Å². The zero-order valence-corrected chi connectivity index (χ0v) is 14.5. The van der Waals surface area contributed by atoms with Gasteiger partial charge in [-0.1, -0.05) is 0 Å². The van der Waals surface area contributed by atoms with Crippen LogP contribution in [0.2, 0.25) is 0 Å². The average molecular weight is 331 g/mol. The Balaban J connectivity index is 1.65. The maximum atomic E-state index is 12.7. The molecular formula is C16H25N7O. The van der Waals surface area contributed by atoms with E-state index in [1.165, 1.54) is 0 Å². The number of hydrogen-bond donors (Lipinski definition) is 1. The summed E-state index contributed by atoms with van der Waals surface area (Å²) in [6.45, 7) is 7.74. The lowest BCUT2D eigenvalue weighted by Gasteiger charge is -2.29. The quantitative estimate of drug-likeness (QED) is 0.868. The van der Waals surface area contributed by atoms with Crippen molar-refractivity contribution in [1.82, 2.24) is 29.4 Å². The Labute approximate surface area is 141 Å². The van der Waals surface area contributed by atoms with Gasteiger partial charge >= 0.3 is 0 Å². The predicted molar refractivity (Wildman–Crippen MR) is 90.5 cm³/mol. The lowest BCUT2D eigenvalue weighted by molar-refractivity contribution is -0.121. The first-order chi connectivity index (χ1) is 11.6. The summed E-state index contributed by atoms with van der Waals surface area (Å²) in [5, 5.41) is 11.5. The smallest absolute Gasteiger partial charge is 0.242 e. The number of carbonyl (C=O) groups excluding carboxylic acids is 1. The molecule has 8 heteroatoms. The van der Waals surface area contributed by atoms with Gasteiger partial charge in [0.05, 0.1) is 18.8 Å². The maximum absolute atomic E-state index is 12.7. The van der Waals surface area contributed by atoms with E-state index in [1.54, 1.807) is 18.9 Å². The van der Waals surface area contributed by atoms with Crippen molar-refractivity contribution in [2.45, 2.75) is 58.3 Å². The molecular weight excluding hydrogens is 306 g/mol. The lowest BCUT2D eigenvalue weighted by Crippen LogP contribution is -2.46. The molecule has 3 rings (SSSR count). The van der Waals surface area contributed by atoms with E-state index in [4.69, 9.17) is 0 Å². The molecule has 0 saturated carbocycles. The van der Waals surface area contributed by atoms with E-state index in [1.807, 2.05) is 36.2 Å². The van der Waals surface area contributed by atoms with Crippen LogP contribution in [0.5, 0.6) is 0 Å². The van der Waals surface area contributed by atoms with E-state index < -0.39 is 0 Å². The second-order valence-corrected chi connectivity index (χ2v) is 6.57. The van der Waals surface area contributed by atoms with Crippen LogP contribution >= 0.6 is 0 Å². The highest BCUT2D eigenvalue weighted by molar-refractivity contribution is 5.93. The molecule has 2 aromatic rings. The molecule has 3 heterocycles. The summed E-state index contributed by atoms with van der Waals surface area (Å²) in [6, 6.07) is 2.15. The Hall–Kier alpha value is -2.22. The zero-order valence-electron chi connectivity index (χ0n) is 14.5. The van der Waals surface area contributed by atoms with Gasteiger partial charge < -0.3 is 5.32 Å². The number of amides is 1. The minimum atomic E-state index is -0.198. The third-order valence-corrected chi connectivity index (χ3v) is 4.57. The van der Waals surface area contributed by atoms with Crippen LogP contribution in [0.15, 0.2) is 24.9 Å². The topological polar surface area (TPSA) is 80.9 Å². The summed E-state index contributed by atoms with van der Waals surface area (Å²) in [4.78, 5) is 18.9. The van der Waals surface area contributed by atoms with Crippen LogP contribution in [0.3, 0.4) is 0 Å². The molecule has 2 atom stereocenters. The summed E-state index contributed by atoms with van der Waals surface area (Å²) >= 11 is 0. The monoisotopic (exact) mass is 331 g/mol. The summed E-state index contributed by atoms with van der Waals surface area (Å²) in [6.07, 6.45) is 7.15. The van der Waals surface area contributed by atoms with Gasteiger partial charge in [0.25, 0.3) is 0 Å². The molecule has 0 aliphatic carbocycles. The normalized spacial score (nSPS) is 19.8. The van der Waals surface area contributed by atoms with Crippen molar-refractivity contribution in [3.05, 3.63) is 24.9 Å². The van der Waals surface area contributed by atoms with E-state index >= 15 is 0 Å². The van der Waals surface area contributed by atoms with E-state index in [2.05, 4.69) is 25.4 Å². The fourth-order valence-electron chi connectivity index (χ4n) is 3.31. The number of hydrogen-bond acceptors (Lipinski definition) is 5. The Kier molecular flexibility index (Phi) is 4.94. The number of nitrogens with zero attached hydrogens (tertiary/aromatic N) is 6. The highest BCUT2D eigenvalue weighted by atomic mass is 16.2. The van der Waals surface area contributed by atoms with Crippen LogP contribution in [-0.4, -0.2) is 54.0 Å². The molecule has 1 N–H and O–H groups in total. The molecule has 130 valence electrons. The van der Waals surface area contributed by atoms with Crippen molar-refractivity contribution >= 4 is 11.7 Å². The molecule has 1 saturated heterocycles. The van der Waals surface area contributed by atoms with Gasteiger partial charge in [0.1, 0.15) is 18.5 Å². The Bertz CT molecular complexity index is 664. The minimum Gasteiger partial charge on any atom is -0.310 e. The van der Waals surface area contributed by atoms with E-state index in [0.29, 0.717) is 6.04 Å². The molecule has 1 aliphatic rings. The van der Waals surface area contributed by atoms with Gasteiger partial charge in [-0.3, -0.25) is 14.4 Å². The zero-order chi connectivity index (χ0) is 17.1. The number of aromatic nitrogens is 5. The molecule has 0 bridgehead atoms. The van der Waals surface area contributed by atoms with Gasteiger partial charge in [-0.25, -0.2) is 9.67 Å². The summed E-state index contributed by atoms with van der Waals surface area (Å²) < 4.78 is 3.66. The summed E-state index contributed by atoms with van der Waals surface area (Å²) in [5.74, 6) is 0.747. The second kappa shape index (κ2) is 7.12. The first-order valence-corrected chi connectivity index (χ1v) is 8.49. The van der Waals surface area contributed by atoms with Crippen LogP contribution in [0.4, 0.5) is 5.82 Å². The third kappa shape index (κ3) is 3.48. The van der Waals surface area contributed by atoms with E-state index in [9.17, 15) is 4.79 Å². The molecule has 0 unspecified atom stereocenters. The minimum absolute atomic E-state index is 0.00268. The molecule has 1 aliphatic heterocycles. The van der Waals surface area contributed by atoms with Gasteiger partial charge in [-0.05, 0) is 40.2 Å². The van der Waals surface area contributed by atoms with Crippen LogP contribution in [-0.2, 0) is 11.3 Å². The highest BCUT2D eigenvalue weighted by Crippen LogP contribution is 2.22. The molecule has 1 amide bonds. The molecule has 1 fully saturated rings. The fraction of sp³-hybridized carbons (Fsp3) is 0.625. The molecule has 0 spiro atoms. The summed E-state index contributed by atoms with van der Waals surface area (Å²) in [5.41, 5.74) is 0. The van der Waals surface area contributed by atoms with Gasteiger partial charge in [-0.2, -0.15) is 10.2 Å². The van der Waals surface area contributed by atoms with Crippen molar-refractivity contribution in [3.63, 3.8) is 0 Å². The summed E-state index contributed by atoms with van der Waals surface area (Å²) in [7, 11) is 0. The standard InChI is InChI=1S/C16H25N7O/c1-12(2)23-15(6-7-18-23)20-16(24)13(3)22-8-4-5-14(22)9-21-11-17-10-19-21/h6-7,10-14H,4-5,8-9H2,1-3H3,(H,20,24)/t13-,14+/m0/s1. The maximum Gasteiger partial charge on any atom is 0.242 e. The van der Waals surface area contributed by atoms with Crippen molar-refractivity contribution in [2.24, 2.45) is 0 Å². The molecule has 8 nitrogen and oxygen atoms in total. The van der Waals surface area contributed by atoms with Crippen molar-refractivity contribution < 1.29 is 4.79 Å². The average Bonchev–Trinajstić information content (AvgIpc) is 3.28. The number of nitrogens with one attached hydrogen (secondary N) is 1. The third-order valence-electron chi connectivity index (χ3n) is 4.57.